The van der Waals surface area contributed by atoms with Crippen molar-refractivity contribution < 1.29 is 14.3 Å². The number of ether oxygens (including phenoxy) is 2. The summed E-state index contributed by atoms with van der Waals surface area (Å²) >= 11 is 7.65. The zero-order valence-electron chi connectivity index (χ0n) is 16.1. The monoisotopic (exact) mass is 409 g/mol. The van der Waals surface area contributed by atoms with Crippen molar-refractivity contribution in [1.29, 1.82) is 0 Å². The summed E-state index contributed by atoms with van der Waals surface area (Å²) in [6, 6.07) is 3.59. The number of thiazole rings is 1. The van der Waals surface area contributed by atoms with E-state index in [0.29, 0.717) is 51.4 Å². The summed E-state index contributed by atoms with van der Waals surface area (Å²) < 4.78 is 11.5. The third kappa shape index (κ3) is 5.94. The molecule has 0 bridgehead atoms. The largest absolute Gasteiger partial charge is 0.490 e. The number of carbonyl (C=O) groups excluding carboxylic acids is 1. The van der Waals surface area contributed by atoms with Crippen molar-refractivity contribution in [3.8, 4) is 11.5 Å². The van der Waals surface area contributed by atoms with Crippen LogP contribution in [0.3, 0.4) is 0 Å². The lowest BCUT2D eigenvalue weighted by Crippen LogP contribution is -2.07. The maximum Gasteiger partial charge on any atom is 0.204 e. The van der Waals surface area contributed by atoms with Gasteiger partial charge in [0.25, 0.3) is 0 Å². The molecule has 1 aromatic carbocycles. The summed E-state index contributed by atoms with van der Waals surface area (Å²) in [6.07, 6.45) is 1.62. The standard InChI is InChI=1S/C19H24ClN3O3S/c1-6-25-16-8-14(7-15(20)17(16)26-10-11(2)3)9-21-23-19-22-12(4)18(27-19)13(5)24/h7-9,11H,6,10H2,1-5H3,(H,22,23)/b21-9-. The van der Waals surface area contributed by atoms with E-state index in [9.17, 15) is 4.79 Å². The second-order valence-electron chi connectivity index (χ2n) is 6.33. The molecule has 0 aliphatic carbocycles. The molecular weight excluding hydrogens is 386 g/mol. The van der Waals surface area contributed by atoms with Gasteiger partial charge in [0.15, 0.2) is 17.3 Å². The number of aryl methyl sites for hydroxylation is 1. The topological polar surface area (TPSA) is 72.8 Å². The fraction of sp³-hybridized carbons (Fsp3) is 0.421. The molecule has 0 saturated heterocycles. The molecule has 146 valence electrons. The van der Waals surface area contributed by atoms with Crippen LogP contribution in [0.25, 0.3) is 0 Å². The average Bonchev–Trinajstić information content (AvgIpc) is 2.95. The number of carbonyl (C=O) groups is 1. The van der Waals surface area contributed by atoms with E-state index in [1.54, 1.807) is 19.2 Å². The number of nitrogens with one attached hydrogen (secondary N) is 1. The number of anilines is 1. The molecule has 0 spiro atoms. The predicted octanol–water partition coefficient (Wildman–Crippen LogP) is 5.19. The van der Waals surface area contributed by atoms with Crippen LogP contribution in [-0.2, 0) is 0 Å². The molecule has 8 heteroatoms. The number of nitrogens with zero attached hydrogens (tertiary/aromatic N) is 2. The molecule has 0 atom stereocenters. The lowest BCUT2D eigenvalue weighted by Gasteiger charge is -2.15. The van der Waals surface area contributed by atoms with Crippen LogP contribution in [0.2, 0.25) is 5.02 Å². The summed E-state index contributed by atoms with van der Waals surface area (Å²) in [7, 11) is 0. The molecular formula is C19H24ClN3O3S. The molecule has 1 heterocycles. The van der Waals surface area contributed by atoms with Crippen LogP contribution in [0.15, 0.2) is 17.2 Å². The Hall–Kier alpha value is -2.12. The first kappa shape index (κ1) is 21.2. The molecule has 1 aromatic heterocycles. The first-order valence-corrected chi connectivity index (χ1v) is 9.87. The smallest absolute Gasteiger partial charge is 0.204 e. The molecule has 6 nitrogen and oxygen atoms in total. The Morgan fingerprint density at radius 3 is 2.74 bits per heavy atom. The minimum atomic E-state index is -0.00726. The minimum Gasteiger partial charge on any atom is -0.490 e. The van der Waals surface area contributed by atoms with Crippen molar-refractivity contribution in [1.82, 2.24) is 4.98 Å². The molecule has 2 rings (SSSR count). The van der Waals surface area contributed by atoms with Crippen LogP contribution in [-0.4, -0.2) is 30.2 Å². The summed E-state index contributed by atoms with van der Waals surface area (Å²) in [5.41, 5.74) is 4.29. The molecule has 0 aliphatic rings. The van der Waals surface area contributed by atoms with E-state index in [0.717, 1.165) is 5.56 Å². The van der Waals surface area contributed by atoms with E-state index in [2.05, 4.69) is 29.4 Å². The SMILES string of the molecule is CCOc1cc(/C=N\Nc2nc(C)c(C(C)=O)s2)cc(Cl)c1OCC(C)C. The van der Waals surface area contributed by atoms with Crippen molar-refractivity contribution in [3.63, 3.8) is 0 Å². The molecule has 0 aliphatic heterocycles. The number of Topliss-reactive ketones (excluding diaryl/α,β-unsaturated/α-hetero) is 1. The first-order valence-electron chi connectivity index (χ1n) is 8.68. The Morgan fingerprint density at radius 2 is 2.15 bits per heavy atom. The van der Waals surface area contributed by atoms with Crippen LogP contribution >= 0.6 is 22.9 Å². The van der Waals surface area contributed by atoms with E-state index < -0.39 is 0 Å². The van der Waals surface area contributed by atoms with E-state index in [1.165, 1.54) is 18.3 Å². The second-order valence-corrected chi connectivity index (χ2v) is 7.73. The maximum absolute atomic E-state index is 11.5. The quantitative estimate of drug-likeness (QED) is 0.350. The van der Waals surface area contributed by atoms with Crippen molar-refractivity contribution in [2.75, 3.05) is 18.6 Å². The molecule has 0 saturated carbocycles. The van der Waals surface area contributed by atoms with Crippen LogP contribution in [0.1, 0.15) is 48.6 Å². The van der Waals surface area contributed by atoms with Gasteiger partial charge in [-0.15, -0.1) is 0 Å². The van der Waals surface area contributed by atoms with Gasteiger partial charge in [0.2, 0.25) is 5.13 Å². The number of rotatable bonds is 9. The highest BCUT2D eigenvalue weighted by molar-refractivity contribution is 7.17. The van der Waals surface area contributed by atoms with Crippen molar-refractivity contribution in [2.45, 2.75) is 34.6 Å². The normalized spacial score (nSPS) is 11.2. The summed E-state index contributed by atoms with van der Waals surface area (Å²) in [6.45, 7) is 10.4. The Kier molecular flexibility index (Phi) is 7.62. The molecule has 27 heavy (non-hydrogen) atoms. The lowest BCUT2D eigenvalue weighted by atomic mass is 10.2. The molecule has 0 amide bonds. The van der Waals surface area contributed by atoms with Crippen molar-refractivity contribution >= 4 is 40.1 Å². The number of aromatic nitrogens is 1. The second kappa shape index (κ2) is 9.71. The first-order chi connectivity index (χ1) is 12.8. The average molecular weight is 410 g/mol. The van der Waals surface area contributed by atoms with Gasteiger partial charge in [-0.2, -0.15) is 5.10 Å². The molecule has 0 unspecified atom stereocenters. The van der Waals surface area contributed by atoms with Gasteiger partial charge in [-0.3, -0.25) is 10.2 Å². The van der Waals surface area contributed by atoms with Gasteiger partial charge in [-0.1, -0.05) is 36.8 Å². The Bertz CT molecular complexity index is 834. The van der Waals surface area contributed by atoms with Gasteiger partial charge in [-0.05, 0) is 37.5 Å². The van der Waals surface area contributed by atoms with Gasteiger partial charge in [0.05, 0.1) is 35.0 Å². The van der Waals surface area contributed by atoms with Gasteiger partial charge in [0.1, 0.15) is 0 Å². The van der Waals surface area contributed by atoms with E-state index in [4.69, 9.17) is 21.1 Å². The summed E-state index contributed by atoms with van der Waals surface area (Å²) in [5, 5.41) is 5.20. The zero-order chi connectivity index (χ0) is 20.0. The summed E-state index contributed by atoms with van der Waals surface area (Å²) in [4.78, 5) is 16.4. The van der Waals surface area contributed by atoms with Crippen LogP contribution in [0, 0.1) is 12.8 Å². The number of benzene rings is 1. The van der Waals surface area contributed by atoms with E-state index in [-0.39, 0.29) is 5.78 Å². The lowest BCUT2D eigenvalue weighted by molar-refractivity contribution is 0.102. The Morgan fingerprint density at radius 1 is 1.41 bits per heavy atom. The highest BCUT2D eigenvalue weighted by Gasteiger charge is 2.13. The Labute approximate surface area is 168 Å². The van der Waals surface area contributed by atoms with Crippen molar-refractivity contribution in [2.24, 2.45) is 11.0 Å². The number of hydrogen-bond acceptors (Lipinski definition) is 7. The van der Waals surface area contributed by atoms with Gasteiger partial charge in [0, 0.05) is 6.92 Å². The fourth-order valence-electron chi connectivity index (χ4n) is 2.25. The molecule has 2 aromatic rings. The van der Waals surface area contributed by atoms with Crippen LogP contribution in [0.5, 0.6) is 11.5 Å². The number of halogens is 1. The number of ketones is 1. The number of hydrogen-bond donors (Lipinski definition) is 1. The van der Waals surface area contributed by atoms with Crippen LogP contribution in [0.4, 0.5) is 5.13 Å². The highest BCUT2D eigenvalue weighted by Crippen LogP contribution is 2.36. The number of hydrazone groups is 1. The van der Waals surface area contributed by atoms with E-state index >= 15 is 0 Å². The van der Waals surface area contributed by atoms with Gasteiger partial charge < -0.3 is 9.47 Å². The minimum absolute atomic E-state index is 0.00726. The summed E-state index contributed by atoms with van der Waals surface area (Å²) in [5.74, 6) is 1.49. The third-order valence-corrected chi connectivity index (χ3v) is 4.83. The molecule has 0 fully saturated rings. The Balaban J connectivity index is 2.16. The molecule has 1 N–H and O–H groups in total. The fourth-order valence-corrected chi connectivity index (χ4v) is 3.33. The zero-order valence-corrected chi connectivity index (χ0v) is 17.7. The predicted molar refractivity (Wildman–Crippen MR) is 111 cm³/mol. The highest BCUT2D eigenvalue weighted by atomic mass is 35.5. The van der Waals surface area contributed by atoms with E-state index in [1.807, 2.05) is 13.0 Å². The van der Waals surface area contributed by atoms with Crippen LogP contribution < -0.4 is 14.9 Å². The maximum atomic E-state index is 11.5. The molecule has 0 radical (unpaired) electrons. The van der Waals surface area contributed by atoms with Crippen molar-refractivity contribution in [3.05, 3.63) is 33.3 Å². The van der Waals surface area contributed by atoms with Gasteiger partial charge in [-0.25, -0.2) is 4.98 Å². The van der Waals surface area contributed by atoms with Gasteiger partial charge >= 0.3 is 0 Å². The third-order valence-electron chi connectivity index (χ3n) is 3.38.